The Balaban J connectivity index is 2.04. The zero-order valence-corrected chi connectivity index (χ0v) is 13.8. The van der Waals surface area contributed by atoms with Crippen LogP contribution in [0.15, 0.2) is 18.2 Å². The van der Waals surface area contributed by atoms with Gasteiger partial charge in [0, 0.05) is 37.2 Å². The van der Waals surface area contributed by atoms with E-state index in [4.69, 9.17) is 21.1 Å². The highest BCUT2D eigenvalue weighted by Crippen LogP contribution is 2.34. The van der Waals surface area contributed by atoms with Gasteiger partial charge in [0.25, 0.3) is 0 Å². The van der Waals surface area contributed by atoms with Crippen molar-refractivity contribution in [2.45, 2.75) is 26.2 Å². The highest BCUT2D eigenvalue weighted by molar-refractivity contribution is 6.31. The summed E-state index contributed by atoms with van der Waals surface area (Å²) in [4.78, 5) is 0. The smallest absolute Gasteiger partial charge is 0.0587 e. The first-order valence-corrected chi connectivity index (χ1v) is 8.05. The molecule has 1 atom stereocenters. The van der Waals surface area contributed by atoms with E-state index in [1.165, 1.54) is 17.5 Å². The number of benzene rings is 1. The first-order chi connectivity index (χ1) is 10.2. The molecule has 1 unspecified atom stereocenters. The van der Waals surface area contributed by atoms with E-state index < -0.39 is 0 Å². The van der Waals surface area contributed by atoms with Crippen LogP contribution in [0.2, 0.25) is 5.02 Å². The Hall–Kier alpha value is -0.610. The van der Waals surface area contributed by atoms with E-state index in [1.54, 1.807) is 7.11 Å². The lowest BCUT2D eigenvalue weighted by molar-refractivity contribution is -0.00769. The predicted molar refractivity (Wildman–Crippen MR) is 87.1 cm³/mol. The van der Waals surface area contributed by atoms with E-state index in [0.29, 0.717) is 0 Å². The first-order valence-electron chi connectivity index (χ1n) is 7.68. The molecule has 1 aromatic carbocycles. The van der Waals surface area contributed by atoms with E-state index >= 15 is 0 Å². The van der Waals surface area contributed by atoms with Crippen LogP contribution < -0.4 is 5.32 Å². The average Bonchev–Trinajstić information content (AvgIpc) is 2.48. The molecule has 4 heteroatoms. The van der Waals surface area contributed by atoms with Gasteiger partial charge in [0.05, 0.1) is 13.2 Å². The molecule has 2 rings (SSSR count). The topological polar surface area (TPSA) is 30.5 Å². The number of hydrogen-bond donors (Lipinski definition) is 1. The van der Waals surface area contributed by atoms with Crippen molar-refractivity contribution in [1.82, 2.24) is 5.32 Å². The number of hydrogen-bond acceptors (Lipinski definition) is 3. The van der Waals surface area contributed by atoms with Gasteiger partial charge in [-0.05, 0) is 43.4 Å². The fourth-order valence-electron chi connectivity index (χ4n) is 2.98. The van der Waals surface area contributed by atoms with Crippen molar-refractivity contribution < 1.29 is 9.47 Å². The molecule has 1 saturated heterocycles. The molecule has 0 saturated carbocycles. The Bertz CT molecular complexity index is 444. The lowest BCUT2D eigenvalue weighted by Gasteiger charge is -2.37. The third kappa shape index (κ3) is 4.96. The summed E-state index contributed by atoms with van der Waals surface area (Å²) < 4.78 is 10.9. The van der Waals surface area contributed by atoms with Gasteiger partial charge in [-0.1, -0.05) is 23.7 Å². The number of halogens is 1. The molecule has 3 nitrogen and oxygen atoms in total. The maximum atomic E-state index is 6.41. The van der Waals surface area contributed by atoms with Crippen molar-refractivity contribution >= 4 is 11.6 Å². The van der Waals surface area contributed by atoms with Crippen LogP contribution in [0.25, 0.3) is 0 Å². The molecule has 1 heterocycles. The number of methoxy groups -OCH3 is 1. The van der Waals surface area contributed by atoms with Crippen LogP contribution in [0.4, 0.5) is 0 Å². The molecule has 0 radical (unpaired) electrons. The standard InChI is InChI=1S/C17H26ClNO2/c1-14-4-5-15(16(18)10-14)11-17(6-3-8-21-13-17)12-19-7-9-20-2/h4-5,10,19H,3,6-9,11-13H2,1-2H3. The van der Waals surface area contributed by atoms with Gasteiger partial charge in [0.2, 0.25) is 0 Å². The van der Waals surface area contributed by atoms with Crippen LogP contribution in [0.3, 0.4) is 0 Å². The minimum Gasteiger partial charge on any atom is -0.383 e. The maximum absolute atomic E-state index is 6.41. The van der Waals surface area contributed by atoms with Crippen molar-refractivity contribution in [2.24, 2.45) is 5.41 Å². The highest BCUT2D eigenvalue weighted by Gasteiger charge is 2.33. The molecular formula is C17H26ClNO2. The lowest BCUT2D eigenvalue weighted by atomic mass is 9.77. The summed E-state index contributed by atoms with van der Waals surface area (Å²) in [6, 6.07) is 6.34. The molecule has 1 N–H and O–H groups in total. The second kappa shape index (κ2) is 8.14. The van der Waals surface area contributed by atoms with Gasteiger partial charge in [-0.25, -0.2) is 0 Å². The molecule has 1 aliphatic heterocycles. The van der Waals surface area contributed by atoms with Crippen molar-refractivity contribution in [3.63, 3.8) is 0 Å². The maximum Gasteiger partial charge on any atom is 0.0587 e. The highest BCUT2D eigenvalue weighted by atomic mass is 35.5. The number of nitrogens with one attached hydrogen (secondary N) is 1. The number of aryl methyl sites for hydroxylation is 1. The molecule has 0 bridgehead atoms. The monoisotopic (exact) mass is 311 g/mol. The molecule has 118 valence electrons. The summed E-state index contributed by atoms with van der Waals surface area (Å²) in [5.74, 6) is 0. The average molecular weight is 312 g/mol. The third-order valence-electron chi connectivity index (χ3n) is 4.16. The molecule has 1 aromatic rings. The zero-order chi connectivity index (χ0) is 15.1. The van der Waals surface area contributed by atoms with Crippen LogP contribution in [0, 0.1) is 12.3 Å². The van der Waals surface area contributed by atoms with Crippen LogP contribution >= 0.6 is 11.6 Å². The fraction of sp³-hybridized carbons (Fsp3) is 0.647. The summed E-state index contributed by atoms with van der Waals surface area (Å²) in [7, 11) is 1.73. The lowest BCUT2D eigenvalue weighted by Crippen LogP contribution is -2.43. The van der Waals surface area contributed by atoms with E-state index in [9.17, 15) is 0 Å². The van der Waals surface area contributed by atoms with Crippen LogP contribution in [0.1, 0.15) is 24.0 Å². The number of rotatable bonds is 7. The quantitative estimate of drug-likeness (QED) is 0.784. The zero-order valence-electron chi connectivity index (χ0n) is 13.1. The largest absolute Gasteiger partial charge is 0.383 e. The van der Waals surface area contributed by atoms with Gasteiger partial charge < -0.3 is 14.8 Å². The molecule has 0 aliphatic carbocycles. The Morgan fingerprint density at radius 3 is 2.95 bits per heavy atom. The Labute approximate surface area is 133 Å². The summed E-state index contributed by atoms with van der Waals surface area (Å²) in [5, 5.41) is 4.37. The summed E-state index contributed by atoms with van der Waals surface area (Å²) in [6.45, 7) is 6.31. The molecule has 0 aromatic heterocycles. The molecule has 1 aliphatic rings. The molecule has 1 fully saturated rings. The van der Waals surface area contributed by atoms with Gasteiger partial charge in [-0.2, -0.15) is 0 Å². The second-order valence-corrected chi connectivity index (χ2v) is 6.50. The van der Waals surface area contributed by atoms with Crippen molar-refractivity contribution in [3.05, 3.63) is 34.3 Å². The van der Waals surface area contributed by atoms with Gasteiger partial charge in [-0.3, -0.25) is 0 Å². The Morgan fingerprint density at radius 1 is 1.43 bits per heavy atom. The normalized spacial score (nSPS) is 22.4. The summed E-state index contributed by atoms with van der Waals surface area (Å²) in [5.41, 5.74) is 2.57. The van der Waals surface area contributed by atoms with Gasteiger partial charge in [-0.15, -0.1) is 0 Å². The van der Waals surface area contributed by atoms with Crippen LogP contribution in [0.5, 0.6) is 0 Å². The number of ether oxygens (including phenoxy) is 2. The summed E-state index contributed by atoms with van der Waals surface area (Å²) in [6.07, 6.45) is 3.26. The van der Waals surface area contributed by atoms with Gasteiger partial charge in [0.15, 0.2) is 0 Å². The molecule has 21 heavy (non-hydrogen) atoms. The molecule has 0 spiro atoms. The van der Waals surface area contributed by atoms with E-state index in [1.807, 2.05) is 6.07 Å². The molecular weight excluding hydrogens is 286 g/mol. The van der Waals surface area contributed by atoms with E-state index in [-0.39, 0.29) is 5.41 Å². The van der Waals surface area contributed by atoms with E-state index in [2.05, 4.69) is 24.4 Å². The SMILES string of the molecule is COCCNCC1(Cc2ccc(C)cc2Cl)CCCOC1. The van der Waals surface area contributed by atoms with Crippen LogP contribution in [-0.2, 0) is 15.9 Å². The minimum atomic E-state index is 0.144. The second-order valence-electron chi connectivity index (χ2n) is 6.10. The summed E-state index contributed by atoms with van der Waals surface area (Å²) >= 11 is 6.41. The van der Waals surface area contributed by atoms with Crippen LogP contribution in [-0.4, -0.2) is 40.0 Å². The Kier molecular flexibility index (Phi) is 6.49. The molecule has 0 amide bonds. The van der Waals surface area contributed by atoms with Crippen molar-refractivity contribution in [3.8, 4) is 0 Å². The van der Waals surface area contributed by atoms with Crippen molar-refractivity contribution in [2.75, 3.05) is 40.0 Å². The third-order valence-corrected chi connectivity index (χ3v) is 4.51. The minimum absolute atomic E-state index is 0.144. The van der Waals surface area contributed by atoms with Gasteiger partial charge >= 0.3 is 0 Å². The first kappa shape index (κ1) is 16.8. The predicted octanol–water partition coefficient (Wildman–Crippen LogP) is 3.22. The fourth-order valence-corrected chi connectivity index (χ4v) is 3.28. The van der Waals surface area contributed by atoms with Crippen molar-refractivity contribution in [1.29, 1.82) is 0 Å². The van der Waals surface area contributed by atoms with E-state index in [0.717, 1.165) is 50.8 Å². The van der Waals surface area contributed by atoms with Gasteiger partial charge in [0.1, 0.15) is 0 Å². The Morgan fingerprint density at radius 2 is 2.29 bits per heavy atom.